The van der Waals surface area contributed by atoms with Crippen molar-refractivity contribution in [2.45, 2.75) is 43.6 Å². The number of ether oxygens (including phenoxy) is 1. The summed E-state index contributed by atoms with van der Waals surface area (Å²) >= 11 is 0.365. The Balaban J connectivity index is 1.83. The van der Waals surface area contributed by atoms with Crippen LogP contribution in [0, 0.1) is 0 Å². The van der Waals surface area contributed by atoms with E-state index in [1.165, 1.54) is 0 Å². The van der Waals surface area contributed by atoms with Crippen LogP contribution in [-0.2, 0) is 21.6 Å². The fourth-order valence-electron chi connectivity index (χ4n) is 3.37. The van der Waals surface area contributed by atoms with E-state index in [9.17, 15) is 13.6 Å². The molecule has 1 aliphatic rings. The van der Waals surface area contributed by atoms with Crippen LogP contribution in [0.5, 0.6) is 5.75 Å². The molecule has 0 radical (unpaired) electrons. The molecule has 0 spiro atoms. The molecule has 0 heterocycles. The van der Waals surface area contributed by atoms with Crippen LogP contribution in [-0.4, -0.2) is 38.1 Å². The van der Waals surface area contributed by atoms with Crippen LogP contribution in [0.1, 0.15) is 36.8 Å². The Morgan fingerprint density at radius 1 is 0.962 bits per heavy atom. The molecule has 0 aromatic heterocycles. The van der Waals surface area contributed by atoms with Crippen molar-refractivity contribution < 1.29 is 21.0 Å². The first-order valence-electron chi connectivity index (χ1n) is 8.51. The molecule has 134 valence electrons. The van der Waals surface area contributed by atoms with E-state index in [4.69, 9.17) is 7.42 Å². The predicted molar refractivity (Wildman–Crippen MR) is 94.2 cm³/mol. The van der Waals surface area contributed by atoms with Gasteiger partial charge in [0.2, 0.25) is 0 Å². The van der Waals surface area contributed by atoms with Gasteiger partial charge in [-0.1, -0.05) is 6.07 Å². The first kappa shape index (κ1) is 19.3. The normalized spacial score (nSPS) is 18.0. The number of benzene rings is 2. The number of rotatable bonds is 5. The topological polar surface area (TPSA) is 35.5 Å². The van der Waals surface area contributed by atoms with E-state index in [-0.39, 0.29) is 32.3 Å². The summed E-state index contributed by atoms with van der Waals surface area (Å²) in [5, 5.41) is 0. The van der Waals surface area contributed by atoms with E-state index in [0.717, 1.165) is 16.9 Å². The molecule has 3 nitrogen and oxygen atoms in total. The summed E-state index contributed by atoms with van der Waals surface area (Å²) < 4.78 is 38.3. The zero-order valence-corrected chi connectivity index (χ0v) is 18.8. The van der Waals surface area contributed by atoms with Crippen LogP contribution in [0.2, 0.25) is 0 Å². The third kappa shape index (κ3) is 4.24. The molecule has 0 atom stereocenters. The zero-order chi connectivity index (χ0) is 18.6. The molecule has 1 aliphatic carbocycles. The maximum absolute atomic E-state index is 13.7. The summed E-state index contributed by atoms with van der Waals surface area (Å²) in [4.78, 5) is 13.0. The van der Waals surface area contributed by atoms with E-state index in [1.807, 2.05) is 30.3 Å². The number of halogens is 2. The number of hydrogen-bond donors (Lipinski definition) is 0. The second kappa shape index (κ2) is 8.02. The van der Waals surface area contributed by atoms with Gasteiger partial charge in [0.25, 0.3) is 0 Å². The average molecular weight is 550 g/mol. The van der Waals surface area contributed by atoms with Gasteiger partial charge in [0.15, 0.2) is 0 Å². The third-order valence-electron chi connectivity index (χ3n) is 4.98. The zero-order valence-electron chi connectivity index (χ0n) is 14.3. The van der Waals surface area contributed by atoms with Crippen molar-refractivity contribution in [3.05, 3.63) is 65.7 Å². The summed E-state index contributed by atoms with van der Waals surface area (Å²) in [6.45, 7) is 0.140. The number of carbonyl (C=O) groups excluding carboxylic acids is 1. The minimum atomic E-state index is -2.72. The van der Waals surface area contributed by atoms with Crippen molar-refractivity contribution in [1.82, 2.24) is 0 Å². The monoisotopic (exact) mass is 550 g/mol. The van der Waals surface area contributed by atoms with Crippen LogP contribution in [0.3, 0.4) is 0 Å². The van der Waals surface area contributed by atoms with Crippen molar-refractivity contribution in [1.29, 1.82) is 0 Å². The molecular formula is C20H19F2O3Tl. The SMILES string of the molecule is O=C(OCc1ccccc1)C1(c2ccc([O][Tl])cc2)CCC(F)(F)CC1. The Hall–Kier alpha value is -1.51. The third-order valence-corrected chi connectivity index (χ3v) is 6.04. The second-order valence-electron chi connectivity index (χ2n) is 6.64. The Morgan fingerprint density at radius 2 is 1.58 bits per heavy atom. The van der Waals surface area contributed by atoms with Crippen LogP contribution in [0.25, 0.3) is 0 Å². The first-order valence-corrected chi connectivity index (χ1v) is 10.3. The molecule has 26 heavy (non-hydrogen) atoms. The first-order chi connectivity index (χ1) is 12.5. The molecule has 3 rings (SSSR count). The second-order valence-corrected chi connectivity index (χ2v) is 7.56. The fraction of sp³-hybridized carbons (Fsp3) is 0.350. The van der Waals surface area contributed by atoms with Gasteiger partial charge in [0.1, 0.15) is 0 Å². The summed E-state index contributed by atoms with van der Waals surface area (Å²) in [7, 11) is 0. The Bertz CT molecular complexity index is 737. The molecule has 2 aromatic rings. The van der Waals surface area contributed by atoms with Crippen LogP contribution >= 0.6 is 0 Å². The molecule has 6 heteroatoms. The average Bonchev–Trinajstić information content (AvgIpc) is 2.67. The Labute approximate surface area is 168 Å². The molecule has 0 aliphatic heterocycles. The number of esters is 1. The van der Waals surface area contributed by atoms with E-state index < -0.39 is 17.3 Å². The molecule has 0 amide bonds. The van der Waals surface area contributed by atoms with Crippen molar-refractivity contribution in [2.75, 3.05) is 0 Å². The summed E-state index contributed by atoms with van der Waals surface area (Å²) in [6, 6.07) is 16.5. The Morgan fingerprint density at radius 3 is 2.15 bits per heavy atom. The van der Waals surface area contributed by atoms with Gasteiger partial charge in [-0.3, -0.25) is 0 Å². The molecule has 1 saturated carbocycles. The van der Waals surface area contributed by atoms with Crippen LogP contribution in [0.4, 0.5) is 8.78 Å². The summed E-state index contributed by atoms with van der Waals surface area (Å²) in [5.41, 5.74) is 0.567. The van der Waals surface area contributed by atoms with Crippen LogP contribution in [0.15, 0.2) is 54.6 Å². The van der Waals surface area contributed by atoms with Gasteiger partial charge in [0.05, 0.1) is 0 Å². The standard InChI is InChI=1S/C20H20F2O3.Tl/c21-20(22)12-10-19(11-13-20,16-6-8-17(23)9-7-16)18(24)25-14-15-4-2-1-3-5-15;/h1-9,23H,10-14H2;/q;+1/p-1. The fourth-order valence-corrected chi connectivity index (χ4v) is 3.98. The van der Waals surface area contributed by atoms with Gasteiger partial charge in [-0.25, -0.2) is 0 Å². The van der Waals surface area contributed by atoms with Gasteiger partial charge in [-0.2, -0.15) is 0 Å². The molecule has 0 bridgehead atoms. The van der Waals surface area contributed by atoms with Gasteiger partial charge in [0, 0.05) is 0 Å². The molecular weight excluding hydrogens is 531 g/mol. The predicted octanol–water partition coefficient (Wildman–Crippen LogP) is 4.34. The van der Waals surface area contributed by atoms with E-state index in [0.29, 0.717) is 26.2 Å². The van der Waals surface area contributed by atoms with E-state index in [2.05, 4.69) is 0 Å². The molecule has 1 fully saturated rings. The number of alkyl halides is 2. The number of carbonyl (C=O) groups is 1. The van der Waals surface area contributed by atoms with E-state index in [1.54, 1.807) is 24.3 Å². The molecule has 0 unspecified atom stereocenters. The summed E-state index contributed by atoms with van der Waals surface area (Å²) in [6.07, 6.45) is -0.464. The van der Waals surface area contributed by atoms with Gasteiger partial charge in [-0.15, -0.1) is 0 Å². The van der Waals surface area contributed by atoms with Crippen molar-refractivity contribution >= 4 is 32.2 Å². The Kier molecular flexibility index (Phi) is 5.94. The van der Waals surface area contributed by atoms with Gasteiger partial charge < -0.3 is 0 Å². The maximum atomic E-state index is 13.7. The molecule has 0 saturated heterocycles. The quantitative estimate of drug-likeness (QED) is 0.411. The summed E-state index contributed by atoms with van der Waals surface area (Å²) in [5.74, 6) is -2.42. The van der Waals surface area contributed by atoms with Crippen LogP contribution < -0.4 is 2.69 Å². The molecule has 2 aromatic carbocycles. The van der Waals surface area contributed by atoms with Gasteiger partial charge in [-0.05, 0) is 0 Å². The van der Waals surface area contributed by atoms with Gasteiger partial charge >= 0.3 is 162 Å². The van der Waals surface area contributed by atoms with Crippen molar-refractivity contribution in [2.24, 2.45) is 0 Å². The van der Waals surface area contributed by atoms with Crippen molar-refractivity contribution in [3.63, 3.8) is 0 Å². The van der Waals surface area contributed by atoms with E-state index >= 15 is 0 Å². The molecule has 0 N–H and O–H groups in total. The minimum absolute atomic E-state index is 0.0798. The van der Waals surface area contributed by atoms with Crippen molar-refractivity contribution in [3.8, 4) is 5.75 Å². The number of hydrogen-bond acceptors (Lipinski definition) is 3.